The molecule has 0 N–H and O–H groups in total. The van der Waals surface area contributed by atoms with Crippen molar-refractivity contribution < 1.29 is 14.3 Å². The first kappa shape index (κ1) is 20.1. The topological polar surface area (TPSA) is 56.1 Å². The first-order chi connectivity index (χ1) is 15.6. The van der Waals surface area contributed by atoms with Crippen molar-refractivity contribution in [3.8, 4) is 11.5 Å². The van der Waals surface area contributed by atoms with E-state index in [4.69, 9.17) is 9.47 Å². The molecule has 0 saturated carbocycles. The van der Waals surface area contributed by atoms with Crippen LogP contribution in [0, 0.1) is 6.92 Å². The zero-order valence-corrected chi connectivity index (χ0v) is 18.2. The summed E-state index contributed by atoms with van der Waals surface area (Å²) in [5.74, 6) is 1.35. The number of hydrogen-bond donors (Lipinski definition) is 0. The molecular weight excluding hydrogens is 402 g/mol. The van der Waals surface area contributed by atoms with Crippen molar-refractivity contribution >= 4 is 11.6 Å². The number of amides is 1. The molecule has 0 spiro atoms. The van der Waals surface area contributed by atoms with Gasteiger partial charge in [0.05, 0.1) is 18.4 Å². The average Bonchev–Trinajstić information content (AvgIpc) is 3.26. The molecule has 1 aliphatic rings. The molecule has 5 rings (SSSR count). The molecule has 0 bridgehead atoms. The molecule has 162 valence electrons. The van der Waals surface area contributed by atoms with Gasteiger partial charge in [-0.05, 0) is 60.4 Å². The van der Waals surface area contributed by atoms with E-state index in [1.807, 2.05) is 77.1 Å². The molecule has 2 aromatic heterocycles. The average molecular weight is 428 g/mol. The van der Waals surface area contributed by atoms with Crippen LogP contribution in [0.15, 0.2) is 67.0 Å². The fourth-order valence-electron chi connectivity index (χ4n) is 4.20. The summed E-state index contributed by atoms with van der Waals surface area (Å²) in [6.45, 7) is 3.57. The summed E-state index contributed by atoms with van der Waals surface area (Å²) in [6, 6.07) is 17.5. The van der Waals surface area contributed by atoms with E-state index < -0.39 is 0 Å². The van der Waals surface area contributed by atoms with Crippen molar-refractivity contribution in [3.63, 3.8) is 0 Å². The molecule has 0 aliphatic carbocycles. The molecule has 3 heterocycles. The van der Waals surface area contributed by atoms with Crippen molar-refractivity contribution in [2.75, 3.05) is 13.7 Å². The Morgan fingerprint density at radius 3 is 2.81 bits per heavy atom. The number of carbonyl (C=O) groups is 1. The van der Waals surface area contributed by atoms with Crippen LogP contribution in [0.4, 0.5) is 0 Å². The molecule has 32 heavy (non-hydrogen) atoms. The predicted molar refractivity (Wildman–Crippen MR) is 122 cm³/mol. The van der Waals surface area contributed by atoms with Crippen LogP contribution >= 0.6 is 0 Å². The number of hydrogen-bond acceptors (Lipinski definition) is 4. The summed E-state index contributed by atoms with van der Waals surface area (Å²) in [6.07, 6.45) is 4.76. The molecule has 0 atom stereocenters. The summed E-state index contributed by atoms with van der Waals surface area (Å²) in [5, 5.41) is 0. The maximum atomic E-state index is 13.4. The Morgan fingerprint density at radius 2 is 1.97 bits per heavy atom. The molecular formula is C26H25N3O3. The maximum absolute atomic E-state index is 13.4. The quantitative estimate of drug-likeness (QED) is 0.473. The minimum Gasteiger partial charge on any atom is -0.497 e. The molecule has 0 fully saturated rings. The number of para-hydroxylation sites is 1. The van der Waals surface area contributed by atoms with Crippen LogP contribution in [0.2, 0.25) is 0 Å². The standard InChI is InChI=1S/C26H25N3O3/c1-18-6-5-12-28-16-21(27-25(18)28)17-32-24-8-4-3-7-23(24)26(30)29-13-11-19-9-10-22(31-2)14-20(19)15-29/h3-10,12,14,16H,11,13,15,17H2,1-2H3. The highest BCUT2D eigenvalue weighted by Gasteiger charge is 2.24. The van der Waals surface area contributed by atoms with Gasteiger partial charge in [-0.25, -0.2) is 4.98 Å². The Balaban J connectivity index is 1.34. The minimum atomic E-state index is -0.0279. The molecule has 1 aliphatic heterocycles. The van der Waals surface area contributed by atoms with Gasteiger partial charge in [0.15, 0.2) is 0 Å². The van der Waals surface area contributed by atoms with Gasteiger partial charge in [0.1, 0.15) is 23.8 Å². The Bertz CT molecular complexity index is 1290. The Labute approximate surface area is 187 Å². The number of methoxy groups -OCH3 is 1. The second-order valence-electron chi connectivity index (χ2n) is 8.05. The number of rotatable bonds is 5. The zero-order chi connectivity index (χ0) is 22.1. The van der Waals surface area contributed by atoms with Gasteiger partial charge in [-0.3, -0.25) is 4.79 Å². The minimum absolute atomic E-state index is 0.0279. The number of aromatic nitrogens is 2. The summed E-state index contributed by atoms with van der Waals surface area (Å²) in [7, 11) is 1.66. The van der Waals surface area contributed by atoms with Crippen molar-refractivity contribution in [1.82, 2.24) is 14.3 Å². The van der Waals surface area contributed by atoms with E-state index >= 15 is 0 Å². The lowest BCUT2D eigenvalue weighted by Crippen LogP contribution is -2.36. The number of aryl methyl sites for hydroxylation is 1. The maximum Gasteiger partial charge on any atom is 0.257 e. The fraction of sp³-hybridized carbons (Fsp3) is 0.231. The molecule has 0 unspecified atom stereocenters. The van der Waals surface area contributed by atoms with Crippen molar-refractivity contribution in [3.05, 3.63) is 94.9 Å². The third-order valence-electron chi connectivity index (χ3n) is 5.93. The van der Waals surface area contributed by atoms with Crippen LogP contribution < -0.4 is 9.47 Å². The Morgan fingerprint density at radius 1 is 1.09 bits per heavy atom. The van der Waals surface area contributed by atoms with E-state index in [9.17, 15) is 4.79 Å². The second kappa shape index (κ2) is 8.38. The molecule has 4 aromatic rings. The second-order valence-corrected chi connectivity index (χ2v) is 8.05. The normalized spacial score (nSPS) is 13.1. The van der Waals surface area contributed by atoms with Crippen LogP contribution in [0.25, 0.3) is 5.65 Å². The fourth-order valence-corrected chi connectivity index (χ4v) is 4.20. The molecule has 6 heteroatoms. The smallest absolute Gasteiger partial charge is 0.257 e. The highest BCUT2D eigenvalue weighted by atomic mass is 16.5. The van der Waals surface area contributed by atoms with Crippen molar-refractivity contribution in [2.45, 2.75) is 26.5 Å². The number of fused-ring (bicyclic) bond motifs is 2. The Kier molecular flexibility index (Phi) is 5.27. The van der Waals surface area contributed by atoms with Gasteiger partial charge >= 0.3 is 0 Å². The largest absolute Gasteiger partial charge is 0.497 e. The van der Waals surface area contributed by atoms with Gasteiger partial charge in [-0.2, -0.15) is 0 Å². The van der Waals surface area contributed by atoms with Gasteiger partial charge in [0.2, 0.25) is 0 Å². The van der Waals surface area contributed by atoms with Crippen LogP contribution in [-0.4, -0.2) is 33.8 Å². The zero-order valence-electron chi connectivity index (χ0n) is 18.2. The molecule has 0 saturated heterocycles. The third kappa shape index (κ3) is 3.80. The number of carbonyl (C=O) groups excluding carboxylic acids is 1. The van der Waals surface area contributed by atoms with Gasteiger partial charge in [0.25, 0.3) is 5.91 Å². The van der Waals surface area contributed by atoms with E-state index in [0.29, 0.717) is 31.0 Å². The summed E-state index contributed by atoms with van der Waals surface area (Å²) < 4.78 is 13.4. The first-order valence-electron chi connectivity index (χ1n) is 10.7. The monoisotopic (exact) mass is 427 g/mol. The van der Waals surface area contributed by atoms with Crippen LogP contribution in [0.1, 0.15) is 32.7 Å². The number of benzene rings is 2. The van der Waals surface area contributed by atoms with Crippen LogP contribution in [0.3, 0.4) is 0 Å². The summed E-state index contributed by atoms with van der Waals surface area (Å²) in [4.78, 5) is 19.9. The molecule has 0 radical (unpaired) electrons. The lowest BCUT2D eigenvalue weighted by atomic mass is 9.98. The highest BCUT2D eigenvalue weighted by molar-refractivity contribution is 5.97. The van der Waals surface area contributed by atoms with E-state index in [2.05, 4.69) is 11.1 Å². The predicted octanol–water partition coefficient (Wildman–Crippen LogP) is 4.43. The molecule has 2 aromatic carbocycles. The van der Waals surface area contributed by atoms with Gasteiger partial charge in [-0.1, -0.05) is 24.3 Å². The number of ether oxygens (including phenoxy) is 2. The number of imidazole rings is 1. The van der Waals surface area contributed by atoms with Crippen LogP contribution in [-0.2, 0) is 19.6 Å². The lowest BCUT2D eigenvalue weighted by molar-refractivity contribution is 0.0729. The van der Waals surface area contributed by atoms with E-state index in [-0.39, 0.29) is 5.91 Å². The van der Waals surface area contributed by atoms with E-state index in [1.165, 1.54) is 5.56 Å². The number of nitrogens with zero attached hydrogens (tertiary/aromatic N) is 3. The lowest BCUT2D eigenvalue weighted by Gasteiger charge is -2.29. The van der Waals surface area contributed by atoms with Crippen molar-refractivity contribution in [2.24, 2.45) is 0 Å². The third-order valence-corrected chi connectivity index (χ3v) is 5.93. The summed E-state index contributed by atoms with van der Waals surface area (Å²) >= 11 is 0. The van der Waals surface area contributed by atoms with Gasteiger partial charge < -0.3 is 18.8 Å². The van der Waals surface area contributed by atoms with Gasteiger partial charge in [-0.15, -0.1) is 0 Å². The van der Waals surface area contributed by atoms with Crippen molar-refractivity contribution in [1.29, 1.82) is 0 Å². The Hall–Kier alpha value is -3.80. The SMILES string of the molecule is COc1ccc2c(c1)CN(C(=O)c1ccccc1OCc1cn3cccc(C)c3n1)CC2. The van der Waals surface area contributed by atoms with Gasteiger partial charge in [0, 0.05) is 25.5 Å². The van der Waals surface area contributed by atoms with E-state index in [0.717, 1.165) is 34.6 Å². The van der Waals surface area contributed by atoms with E-state index in [1.54, 1.807) is 7.11 Å². The molecule has 1 amide bonds. The summed E-state index contributed by atoms with van der Waals surface area (Å²) in [5.41, 5.74) is 5.80. The first-order valence-corrected chi connectivity index (χ1v) is 10.7. The highest BCUT2D eigenvalue weighted by Crippen LogP contribution is 2.27. The van der Waals surface area contributed by atoms with Crippen LogP contribution in [0.5, 0.6) is 11.5 Å². The molecule has 6 nitrogen and oxygen atoms in total. The number of pyridine rings is 1.